The summed E-state index contributed by atoms with van der Waals surface area (Å²) in [7, 11) is 0. The van der Waals surface area contributed by atoms with E-state index in [9.17, 15) is 0 Å². The number of nitrogens with one attached hydrogen (secondary N) is 1. The molecule has 0 saturated carbocycles. The Balaban J connectivity index is 1.64. The van der Waals surface area contributed by atoms with Crippen LogP contribution in [0, 0.1) is 11.3 Å². The predicted octanol–water partition coefficient (Wildman–Crippen LogP) is 3.59. The van der Waals surface area contributed by atoms with Gasteiger partial charge in [-0.1, -0.05) is 24.3 Å². The summed E-state index contributed by atoms with van der Waals surface area (Å²) < 4.78 is 1.98. The number of nitriles is 1. The van der Waals surface area contributed by atoms with Crippen molar-refractivity contribution in [3.05, 3.63) is 83.9 Å². The molecule has 23 heavy (non-hydrogen) atoms. The summed E-state index contributed by atoms with van der Waals surface area (Å²) in [5.41, 5.74) is 4.14. The van der Waals surface area contributed by atoms with Gasteiger partial charge >= 0.3 is 0 Å². The molecule has 3 aromatic rings. The van der Waals surface area contributed by atoms with Crippen LogP contribution in [0.4, 0.5) is 0 Å². The zero-order chi connectivity index (χ0) is 16.1. The van der Waals surface area contributed by atoms with E-state index in [1.807, 2.05) is 35.0 Å². The summed E-state index contributed by atoms with van der Waals surface area (Å²) >= 11 is 0. The smallest absolute Gasteiger partial charge is 0.0991 e. The molecule has 4 nitrogen and oxygen atoms in total. The van der Waals surface area contributed by atoms with Gasteiger partial charge in [0.2, 0.25) is 0 Å². The fourth-order valence-corrected chi connectivity index (χ4v) is 2.49. The van der Waals surface area contributed by atoms with E-state index in [1.54, 1.807) is 12.5 Å². The SMILES string of the molecule is CC(NCc1cccc(C#N)c1)c1ccc(-n2ccnc2)cc1. The Morgan fingerprint density at radius 2 is 2.04 bits per heavy atom. The minimum absolute atomic E-state index is 0.234. The molecular weight excluding hydrogens is 284 g/mol. The molecule has 0 radical (unpaired) electrons. The van der Waals surface area contributed by atoms with E-state index in [2.05, 4.69) is 47.6 Å². The number of rotatable bonds is 5. The van der Waals surface area contributed by atoms with Gasteiger partial charge in [-0.25, -0.2) is 4.98 Å². The molecule has 0 spiro atoms. The third-order valence-electron chi connectivity index (χ3n) is 3.86. The highest BCUT2D eigenvalue weighted by molar-refractivity contribution is 5.36. The molecule has 0 aliphatic carbocycles. The van der Waals surface area contributed by atoms with Crippen LogP contribution in [0.1, 0.15) is 29.7 Å². The highest BCUT2D eigenvalue weighted by atomic mass is 15.0. The van der Waals surface area contributed by atoms with E-state index in [-0.39, 0.29) is 6.04 Å². The number of benzene rings is 2. The average Bonchev–Trinajstić information content (AvgIpc) is 3.14. The summed E-state index contributed by atoms with van der Waals surface area (Å²) in [6, 6.07) is 18.5. The highest BCUT2D eigenvalue weighted by Gasteiger charge is 2.06. The zero-order valence-electron chi connectivity index (χ0n) is 13.0. The fraction of sp³-hybridized carbons (Fsp3) is 0.158. The van der Waals surface area contributed by atoms with E-state index < -0.39 is 0 Å². The standard InChI is InChI=1S/C19H18N4/c1-15(22-13-17-4-2-3-16(11-17)12-20)18-5-7-19(8-6-18)23-10-9-21-14-23/h2-11,14-15,22H,13H2,1H3. The van der Waals surface area contributed by atoms with Gasteiger partial charge in [-0.2, -0.15) is 5.26 Å². The first-order chi connectivity index (χ1) is 11.3. The highest BCUT2D eigenvalue weighted by Crippen LogP contribution is 2.16. The van der Waals surface area contributed by atoms with Crippen molar-refractivity contribution in [3.63, 3.8) is 0 Å². The molecule has 0 aliphatic rings. The largest absolute Gasteiger partial charge is 0.306 e. The van der Waals surface area contributed by atoms with Crippen molar-refractivity contribution in [2.75, 3.05) is 0 Å². The van der Waals surface area contributed by atoms with Crippen LogP contribution in [-0.4, -0.2) is 9.55 Å². The topological polar surface area (TPSA) is 53.6 Å². The Bertz CT molecular complexity index is 798. The number of aromatic nitrogens is 2. The number of hydrogen-bond donors (Lipinski definition) is 1. The van der Waals surface area contributed by atoms with Gasteiger partial charge in [0.15, 0.2) is 0 Å². The molecule has 0 bridgehead atoms. The molecule has 2 aromatic carbocycles. The maximum absolute atomic E-state index is 8.94. The first-order valence-electron chi connectivity index (χ1n) is 7.57. The van der Waals surface area contributed by atoms with Gasteiger partial charge in [-0.05, 0) is 42.3 Å². The molecule has 114 valence electrons. The van der Waals surface area contributed by atoms with Gasteiger partial charge in [-0.15, -0.1) is 0 Å². The van der Waals surface area contributed by atoms with Crippen LogP contribution in [0.5, 0.6) is 0 Å². The quantitative estimate of drug-likeness (QED) is 0.783. The summed E-state index contributed by atoms with van der Waals surface area (Å²) in [5.74, 6) is 0. The van der Waals surface area contributed by atoms with Crippen LogP contribution < -0.4 is 5.32 Å². The zero-order valence-corrected chi connectivity index (χ0v) is 13.0. The summed E-state index contributed by atoms with van der Waals surface area (Å²) in [6.45, 7) is 2.88. The average molecular weight is 302 g/mol. The predicted molar refractivity (Wildman–Crippen MR) is 90.0 cm³/mol. The Morgan fingerprint density at radius 1 is 1.22 bits per heavy atom. The van der Waals surface area contributed by atoms with E-state index in [0.29, 0.717) is 5.56 Å². The number of imidazole rings is 1. The Hall–Kier alpha value is -2.90. The van der Waals surface area contributed by atoms with E-state index in [1.165, 1.54) is 5.56 Å². The normalized spacial score (nSPS) is 11.8. The van der Waals surface area contributed by atoms with Gasteiger partial charge in [0, 0.05) is 30.7 Å². The molecular formula is C19H18N4. The molecule has 0 aliphatic heterocycles. The number of nitrogens with zero attached hydrogens (tertiary/aromatic N) is 3. The molecule has 0 fully saturated rings. The lowest BCUT2D eigenvalue weighted by Gasteiger charge is -2.15. The Kier molecular flexibility index (Phi) is 4.51. The molecule has 1 N–H and O–H groups in total. The fourth-order valence-electron chi connectivity index (χ4n) is 2.49. The van der Waals surface area contributed by atoms with Crippen molar-refractivity contribution in [3.8, 4) is 11.8 Å². The van der Waals surface area contributed by atoms with Gasteiger partial charge in [0.25, 0.3) is 0 Å². The van der Waals surface area contributed by atoms with Crippen LogP contribution >= 0.6 is 0 Å². The molecule has 0 saturated heterocycles. The first kappa shape index (κ1) is 15.0. The lowest BCUT2D eigenvalue weighted by atomic mass is 10.1. The van der Waals surface area contributed by atoms with Gasteiger partial charge in [0.05, 0.1) is 18.0 Å². The van der Waals surface area contributed by atoms with E-state index in [4.69, 9.17) is 5.26 Å². The van der Waals surface area contributed by atoms with Crippen LogP contribution in [0.3, 0.4) is 0 Å². The van der Waals surface area contributed by atoms with Gasteiger partial charge in [0.1, 0.15) is 0 Å². The van der Waals surface area contributed by atoms with Crippen molar-refractivity contribution in [2.24, 2.45) is 0 Å². The third kappa shape index (κ3) is 3.65. The van der Waals surface area contributed by atoms with Crippen LogP contribution in [0.2, 0.25) is 0 Å². The molecule has 1 heterocycles. The van der Waals surface area contributed by atoms with Gasteiger partial charge in [-0.3, -0.25) is 0 Å². The van der Waals surface area contributed by atoms with Crippen molar-refractivity contribution in [1.29, 1.82) is 5.26 Å². The molecule has 1 unspecified atom stereocenters. The molecule has 1 aromatic heterocycles. The van der Waals surface area contributed by atoms with E-state index in [0.717, 1.165) is 17.8 Å². The summed E-state index contributed by atoms with van der Waals surface area (Å²) in [6.07, 6.45) is 5.49. The first-order valence-corrected chi connectivity index (χ1v) is 7.57. The van der Waals surface area contributed by atoms with Crippen molar-refractivity contribution in [2.45, 2.75) is 19.5 Å². The molecule has 0 amide bonds. The lowest BCUT2D eigenvalue weighted by molar-refractivity contribution is 0.574. The molecule has 3 rings (SSSR count). The maximum Gasteiger partial charge on any atom is 0.0991 e. The second-order valence-electron chi connectivity index (χ2n) is 5.48. The minimum atomic E-state index is 0.234. The molecule has 4 heteroatoms. The van der Waals surface area contributed by atoms with Crippen molar-refractivity contribution >= 4 is 0 Å². The second kappa shape index (κ2) is 6.91. The van der Waals surface area contributed by atoms with Gasteiger partial charge < -0.3 is 9.88 Å². The Morgan fingerprint density at radius 3 is 2.74 bits per heavy atom. The Labute approximate surface area is 136 Å². The van der Waals surface area contributed by atoms with Crippen molar-refractivity contribution < 1.29 is 0 Å². The lowest BCUT2D eigenvalue weighted by Crippen LogP contribution is -2.18. The third-order valence-corrected chi connectivity index (χ3v) is 3.86. The van der Waals surface area contributed by atoms with Crippen LogP contribution in [0.15, 0.2) is 67.3 Å². The van der Waals surface area contributed by atoms with Crippen LogP contribution in [0.25, 0.3) is 5.69 Å². The number of hydrogen-bond acceptors (Lipinski definition) is 3. The van der Waals surface area contributed by atoms with Crippen molar-refractivity contribution in [1.82, 2.24) is 14.9 Å². The summed E-state index contributed by atoms with van der Waals surface area (Å²) in [4.78, 5) is 4.06. The van der Waals surface area contributed by atoms with Crippen LogP contribution in [-0.2, 0) is 6.54 Å². The van der Waals surface area contributed by atoms with E-state index >= 15 is 0 Å². The second-order valence-corrected chi connectivity index (χ2v) is 5.48. The maximum atomic E-state index is 8.94. The summed E-state index contributed by atoms with van der Waals surface area (Å²) in [5, 5.41) is 12.4. The monoisotopic (exact) mass is 302 g/mol. The molecule has 1 atom stereocenters. The minimum Gasteiger partial charge on any atom is -0.306 e.